The van der Waals surface area contributed by atoms with E-state index in [1.807, 2.05) is 13.0 Å². The number of alkyl halides is 2. The molecule has 0 unspecified atom stereocenters. The van der Waals surface area contributed by atoms with Crippen LogP contribution in [0, 0.1) is 5.92 Å². The SMILES string of the molecule is CCCCC(F)(F)[C@H](O)CC[C@@]1(O[C@@H]2CCCCO2)C[C@@H](C/C=C\CCCCCC(=O)O)[C@@H](O)C1. The number of aliphatic carboxylic acids is 1. The van der Waals surface area contributed by atoms with Gasteiger partial charge in [-0.15, -0.1) is 0 Å². The first-order valence-electron chi connectivity index (χ1n) is 13.6. The van der Waals surface area contributed by atoms with Gasteiger partial charge in [0.05, 0.1) is 11.7 Å². The van der Waals surface area contributed by atoms with E-state index in [4.69, 9.17) is 14.6 Å². The molecule has 204 valence electrons. The van der Waals surface area contributed by atoms with Gasteiger partial charge in [-0.2, -0.15) is 0 Å². The highest BCUT2D eigenvalue weighted by molar-refractivity contribution is 5.66. The van der Waals surface area contributed by atoms with Gasteiger partial charge in [-0.3, -0.25) is 4.79 Å². The van der Waals surface area contributed by atoms with E-state index >= 15 is 0 Å². The van der Waals surface area contributed by atoms with Gasteiger partial charge in [0.15, 0.2) is 6.29 Å². The highest BCUT2D eigenvalue weighted by Gasteiger charge is 2.48. The van der Waals surface area contributed by atoms with Gasteiger partial charge in [0.1, 0.15) is 6.10 Å². The molecule has 0 aromatic rings. The molecule has 6 nitrogen and oxygen atoms in total. The second kappa shape index (κ2) is 15.2. The first kappa shape index (κ1) is 30.1. The lowest BCUT2D eigenvalue weighted by atomic mass is 9.89. The molecule has 1 saturated carbocycles. The number of aliphatic hydroxyl groups excluding tert-OH is 2. The maximum absolute atomic E-state index is 14.4. The lowest BCUT2D eigenvalue weighted by Crippen LogP contribution is -2.40. The summed E-state index contributed by atoms with van der Waals surface area (Å²) in [6, 6.07) is 0. The van der Waals surface area contributed by atoms with E-state index in [2.05, 4.69) is 6.08 Å². The Labute approximate surface area is 209 Å². The maximum atomic E-state index is 14.4. The number of carboxylic acid groups (broad SMARTS) is 1. The number of hydrogen-bond donors (Lipinski definition) is 3. The smallest absolute Gasteiger partial charge is 0.303 e. The van der Waals surface area contributed by atoms with E-state index in [0.717, 1.165) is 38.5 Å². The third-order valence-corrected chi connectivity index (χ3v) is 7.37. The zero-order valence-corrected chi connectivity index (χ0v) is 21.3. The van der Waals surface area contributed by atoms with Crippen molar-refractivity contribution in [2.75, 3.05) is 6.61 Å². The van der Waals surface area contributed by atoms with Crippen LogP contribution < -0.4 is 0 Å². The molecule has 5 atom stereocenters. The summed E-state index contributed by atoms with van der Waals surface area (Å²) in [5, 5.41) is 29.7. The van der Waals surface area contributed by atoms with Crippen LogP contribution in [-0.2, 0) is 14.3 Å². The monoisotopic (exact) mass is 504 g/mol. The lowest BCUT2D eigenvalue weighted by Gasteiger charge is -2.36. The number of ether oxygens (including phenoxy) is 2. The van der Waals surface area contributed by atoms with Gasteiger partial charge < -0.3 is 24.8 Å². The summed E-state index contributed by atoms with van der Waals surface area (Å²) < 4.78 is 40.9. The number of carboxylic acids is 1. The first-order chi connectivity index (χ1) is 16.7. The zero-order valence-electron chi connectivity index (χ0n) is 21.3. The van der Waals surface area contributed by atoms with Crippen molar-refractivity contribution in [3.8, 4) is 0 Å². The van der Waals surface area contributed by atoms with Crippen LogP contribution in [0.2, 0.25) is 0 Å². The van der Waals surface area contributed by atoms with Crippen LogP contribution in [0.25, 0.3) is 0 Å². The van der Waals surface area contributed by atoms with Gasteiger partial charge in [-0.25, -0.2) is 8.78 Å². The van der Waals surface area contributed by atoms with E-state index < -0.39 is 36.0 Å². The average molecular weight is 505 g/mol. The van der Waals surface area contributed by atoms with Crippen LogP contribution in [0.1, 0.15) is 110 Å². The molecule has 0 spiro atoms. The predicted octanol–water partition coefficient (Wildman–Crippen LogP) is 5.99. The van der Waals surface area contributed by atoms with E-state index in [-0.39, 0.29) is 31.6 Å². The summed E-state index contributed by atoms with van der Waals surface area (Å²) in [6.07, 6.45) is 10.1. The fraction of sp³-hybridized carbons (Fsp3) is 0.889. The van der Waals surface area contributed by atoms with E-state index in [1.165, 1.54) is 0 Å². The van der Waals surface area contributed by atoms with Crippen molar-refractivity contribution in [1.29, 1.82) is 0 Å². The molecule has 0 amide bonds. The third kappa shape index (κ3) is 10.8. The number of unbranched alkanes of at least 4 members (excludes halogenated alkanes) is 4. The van der Waals surface area contributed by atoms with Crippen molar-refractivity contribution >= 4 is 5.97 Å². The molecule has 0 radical (unpaired) electrons. The molecule has 35 heavy (non-hydrogen) atoms. The highest BCUT2D eigenvalue weighted by Crippen LogP contribution is 2.45. The largest absolute Gasteiger partial charge is 0.481 e. The number of carbonyl (C=O) groups is 1. The topological polar surface area (TPSA) is 96.2 Å². The van der Waals surface area contributed by atoms with Crippen LogP contribution in [0.15, 0.2) is 12.2 Å². The quantitative estimate of drug-likeness (QED) is 0.166. The summed E-state index contributed by atoms with van der Waals surface area (Å²) in [5.74, 6) is -3.93. The molecular weight excluding hydrogens is 458 g/mol. The molecule has 2 fully saturated rings. The summed E-state index contributed by atoms with van der Waals surface area (Å²) in [6.45, 7) is 2.46. The molecule has 1 aliphatic heterocycles. The molecular formula is C27H46F2O6. The van der Waals surface area contributed by atoms with Crippen LogP contribution in [-0.4, -0.2) is 57.9 Å². The molecule has 0 bridgehead atoms. The summed E-state index contributed by atoms with van der Waals surface area (Å²) in [4.78, 5) is 10.6. The van der Waals surface area contributed by atoms with Gasteiger partial charge in [0.2, 0.25) is 0 Å². The first-order valence-corrected chi connectivity index (χ1v) is 13.6. The normalized spacial score (nSPS) is 28.5. The van der Waals surface area contributed by atoms with Crippen LogP contribution in [0.5, 0.6) is 0 Å². The minimum absolute atomic E-state index is 0.0420. The van der Waals surface area contributed by atoms with Crippen molar-refractivity contribution in [3.05, 3.63) is 12.2 Å². The van der Waals surface area contributed by atoms with Crippen molar-refractivity contribution in [1.82, 2.24) is 0 Å². The van der Waals surface area contributed by atoms with Gasteiger partial charge in [0, 0.05) is 25.9 Å². The molecule has 2 aliphatic rings. The number of allylic oxidation sites excluding steroid dienone is 2. The molecule has 0 aromatic carbocycles. The third-order valence-electron chi connectivity index (χ3n) is 7.37. The van der Waals surface area contributed by atoms with Crippen molar-refractivity contribution in [2.45, 2.75) is 140 Å². The Morgan fingerprint density at radius 3 is 2.69 bits per heavy atom. The van der Waals surface area contributed by atoms with Crippen LogP contribution in [0.4, 0.5) is 8.78 Å². The van der Waals surface area contributed by atoms with E-state index in [1.54, 1.807) is 0 Å². The molecule has 1 heterocycles. The Morgan fingerprint density at radius 1 is 1.20 bits per heavy atom. The van der Waals surface area contributed by atoms with E-state index in [0.29, 0.717) is 45.1 Å². The molecule has 1 aliphatic carbocycles. The van der Waals surface area contributed by atoms with Crippen LogP contribution >= 0.6 is 0 Å². The Balaban J connectivity index is 1.91. The Kier molecular flexibility index (Phi) is 13.1. The fourth-order valence-electron chi connectivity index (χ4n) is 5.22. The van der Waals surface area contributed by atoms with Crippen LogP contribution in [0.3, 0.4) is 0 Å². The van der Waals surface area contributed by atoms with Crippen molar-refractivity contribution in [2.24, 2.45) is 5.92 Å². The number of rotatable bonds is 17. The van der Waals surface area contributed by atoms with Crippen molar-refractivity contribution in [3.63, 3.8) is 0 Å². The number of halogens is 2. The molecule has 3 N–H and O–H groups in total. The maximum Gasteiger partial charge on any atom is 0.303 e. The Morgan fingerprint density at radius 2 is 2.00 bits per heavy atom. The van der Waals surface area contributed by atoms with Crippen molar-refractivity contribution < 1.29 is 38.4 Å². The summed E-state index contributed by atoms with van der Waals surface area (Å²) >= 11 is 0. The highest BCUT2D eigenvalue weighted by atomic mass is 19.3. The lowest BCUT2D eigenvalue weighted by molar-refractivity contribution is -0.230. The van der Waals surface area contributed by atoms with Gasteiger partial charge in [-0.1, -0.05) is 31.9 Å². The Hall–Kier alpha value is -1.09. The molecule has 8 heteroatoms. The predicted molar refractivity (Wildman–Crippen MR) is 130 cm³/mol. The molecule has 0 aromatic heterocycles. The zero-order chi connectivity index (χ0) is 25.7. The van der Waals surface area contributed by atoms with E-state index in [9.17, 15) is 23.8 Å². The van der Waals surface area contributed by atoms with Gasteiger partial charge in [0.25, 0.3) is 5.92 Å². The summed E-state index contributed by atoms with van der Waals surface area (Å²) in [5.41, 5.74) is -0.779. The molecule has 1 saturated heterocycles. The average Bonchev–Trinajstić information content (AvgIpc) is 3.13. The standard InChI is InChI=1S/C27H46F2O6/c1-2-3-16-27(28,29)23(31)15-17-26(35-25-14-10-11-18-34-25)19-21(22(30)20-26)12-8-6-4-5-7-9-13-24(32)33/h6,8,21-23,25,30-31H,2-5,7,9-20H2,1H3,(H,32,33)/b8-6-/t21-,22+,23-,25-,26-/m1/s1. The second-order valence-corrected chi connectivity index (χ2v) is 10.5. The summed E-state index contributed by atoms with van der Waals surface area (Å²) in [7, 11) is 0. The minimum atomic E-state index is -3.12. The number of hydrogen-bond acceptors (Lipinski definition) is 5. The molecule has 2 rings (SSSR count). The second-order valence-electron chi connectivity index (χ2n) is 10.5. The minimum Gasteiger partial charge on any atom is -0.481 e. The van der Waals surface area contributed by atoms with Gasteiger partial charge >= 0.3 is 5.97 Å². The number of aliphatic hydroxyl groups is 2. The Bertz CT molecular complexity index is 637. The fourth-order valence-corrected chi connectivity index (χ4v) is 5.22. The van der Waals surface area contributed by atoms with Gasteiger partial charge in [-0.05, 0) is 76.5 Å².